The molecule has 1 aliphatic rings. The zero-order valence-electron chi connectivity index (χ0n) is 6.75. The van der Waals surface area contributed by atoms with Crippen molar-refractivity contribution >= 4 is 23.7 Å². The third-order valence-corrected chi connectivity index (χ3v) is 2.22. The molecule has 1 aromatic heterocycles. The average Bonchev–Trinajstić information content (AvgIpc) is 2.46. The average molecular weight is 198 g/mol. The van der Waals surface area contributed by atoms with Gasteiger partial charge in [-0.2, -0.15) is 0 Å². The van der Waals surface area contributed by atoms with Gasteiger partial charge >= 0.3 is 0 Å². The van der Waals surface area contributed by atoms with Gasteiger partial charge in [-0.25, -0.2) is 0 Å². The molecule has 0 bridgehead atoms. The molecule has 0 saturated heterocycles. The summed E-state index contributed by atoms with van der Waals surface area (Å²) in [4.78, 5) is 17.7. The molecular formula is C8H8ClN3O. The van der Waals surface area contributed by atoms with Crippen molar-refractivity contribution in [1.29, 1.82) is 0 Å². The zero-order valence-corrected chi connectivity index (χ0v) is 7.51. The Kier molecular flexibility index (Phi) is 1.84. The molecule has 4 nitrogen and oxygen atoms in total. The topological polar surface area (TPSA) is 71.2 Å². The fourth-order valence-electron chi connectivity index (χ4n) is 1.32. The molecule has 1 amide bonds. The monoisotopic (exact) mass is 197 g/mol. The van der Waals surface area contributed by atoms with E-state index in [2.05, 4.69) is 9.98 Å². The van der Waals surface area contributed by atoms with Gasteiger partial charge in [-0.15, -0.1) is 0 Å². The maximum Gasteiger partial charge on any atom is 0.265 e. The summed E-state index contributed by atoms with van der Waals surface area (Å²) in [5.41, 5.74) is 7.10. The van der Waals surface area contributed by atoms with Gasteiger partial charge < -0.3 is 10.7 Å². The lowest BCUT2D eigenvalue weighted by atomic mass is 10.1. The smallest absolute Gasteiger partial charge is 0.265 e. The van der Waals surface area contributed by atoms with Crippen molar-refractivity contribution in [3.63, 3.8) is 0 Å². The number of rotatable bonds is 1. The first-order chi connectivity index (χ1) is 6.16. The van der Waals surface area contributed by atoms with Crippen LogP contribution in [0.25, 0.3) is 0 Å². The molecule has 2 rings (SSSR count). The summed E-state index contributed by atoms with van der Waals surface area (Å²) in [6, 6.07) is 1.72. The second-order valence-electron chi connectivity index (χ2n) is 2.90. The van der Waals surface area contributed by atoms with Crippen molar-refractivity contribution < 1.29 is 4.79 Å². The van der Waals surface area contributed by atoms with Gasteiger partial charge in [-0.05, 0) is 11.6 Å². The van der Waals surface area contributed by atoms with Crippen molar-refractivity contribution in [1.82, 2.24) is 4.98 Å². The number of aromatic nitrogens is 1. The van der Waals surface area contributed by atoms with Crippen molar-refractivity contribution in [2.24, 2.45) is 10.7 Å². The number of nitrogens with zero attached hydrogens (tertiary/aromatic N) is 1. The fraction of sp³-hybridized carbons (Fsp3) is 0.250. The zero-order chi connectivity index (χ0) is 9.42. The molecule has 68 valence electrons. The molecule has 0 radical (unpaired) electrons. The number of halogens is 1. The van der Waals surface area contributed by atoms with Crippen LogP contribution in [0, 0.1) is 0 Å². The Morgan fingerprint density at radius 3 is 3.23 bits per heavy atom. The maximum atomic E-state index is 10.8. The number of H-pyrrole nitrogens is 1. The predicted molar refractivity (Wildman–Crippen MR) is 50.2 cm³/mol. The summed E-state index contributed by atoms with van der Waals surface area (Å²) in [7, 11) is 0. The summed E-state index contributed by atoms with van der Waals surface area (Å²) < 4.78 is 0. The van der Waals surface area contributed by atoms with Gasteiger partial charge in [0.2, 0.25) is 0 Å². The van der Waals surface area contributed by atoms with E-state index in [0.717, 1.165) is 11.3 Å². The molecule has 0 unspecified atom stereocenters. The highest BCUT2D eigenvalue weighted by molar-refractivity contribution is 6.21. The minimum Gasteiger partial charge on any atom is -0.364 e. The number of aliphatic imine (C=N–C) groups is 1. The second kappa shape index (κ2) is 2.88. The van der Waals surface area contributed by atoms with E-state index in [9.17, 15) is 4.79 Å². The summed E-state index contributed by atoms with van der Waals surface area (Å²) in [5.74, 6) is -0.464. The van der Waals surface area contributed by atoms with E-state index in [1.807, 2.05) is 0 Å². The number of hydrogen-bond donors (Lipinski definition) is 2. The molecule has 3 N–H and O–H groups in total. The van der Waals surface area contributed by atoms with Crippen molar-refractivity contribution in [2.75, 3.05) is 0 Å². The van der Waals surface area contributed by atoms with E-state index in [1.165, 1.54) is 0 Å². The summed E-state index contributed by atoms with van der Waals surface area (Å²) in [6.45, 7) is 0. The molecule has 1 aliphatic heterocycles. The van der Waals surface area contributed by atoms with E-state index in [4.69, 9.17) is 17.3 Å². The number of aromatic amines is 1. The minimum atomic E-state index is -0.464. The number of carbonyl (C=O) groups is 1. The Bertz CT molecular complexity index is 383. The number of primary amides is 1. The molecule has 1 aromatic rings. The van der Waals surface area contributed by atoms with E-state index < -0.39 is 5.91 Å². The number of carbonyl (C=O) groups excluding carboxylic acids is 1. The molecule has 13 heavy (non-hydrogen) atoms. The highest BCUT2D eigenvalue weighted by Gasteiger charge is 2.16. The lowest BCUT2D eigenvalue weighted by Gasteiger charge is -2.08. The number of fused-ring (bicyclic) bond motifs is 1. The van der Waals surface area contributed by atoms with Crippen molar-refractivity contribution in [3.05, 3.63) is 23.0 Å². The van der Waals surface area contributed by atoms with Crippen LogP contribution in [0.2, 0.25) is 0 Å². The summed E-state index contributed by atoms with van der Waals surface area (Å²) in [6.07, 6.45) is 2.26. The largest absolute Gasteiger partial charge is 0.364 e. The van der Waals surface area contributed by atoms with Gasteiger partial charge in [0.25, 0.3) is 5.91 Å². The Morgan fingerprint density at radius 2 is 2.54 bits per heavy atom. The van der Waals surface area contributed by atoms with E-state index in [-0.39, 0.29) is 5.50 Å². The molecule has 1 atom stereocenters. The predicted octanol–water partition coefficient (Wildman–Crippen LogP) is 0.653. The van der Waals surface area contributed by atoms with Gasteiger partial charge in [-0.1, -0.05) is 11.6 Å². The quantitative estimate of drug-likeness (QED) is 0.504. The Labute approximate surface area is 79.8 Å². The van der Waals surface area contributed by atoms with E-state index in [1.54, 1.807) is 12.3 Å². The second-order valence-corrected chi connectivity index (χ2v) is 3.41. The lowest BCUT2D eigenvalue weighted by Crippen LogP contribution is -2.11. The van der Waals surface area contributed by atoms with Crippen LogP contribution in [0.1, 0.15) is 21.7 Å². The molecule has 2 heterocycles. The molecule has 0 spiro atoms. The summed E-state index contributed by atoms with van der Waals surface area (Å²) in [5, 5.41) is 0. The van der Waals surface area contributed by atoms with E-state index >= 15 is 0 Å². The lowest BCUT2D eigenvalue weighted by molar-refractivity contribution is 0.0996. The molecule has 5 heteroatoms. The van der Waals surface area contributed by atoms with Crippen molar-refractivity contribution in [2.45, 2.75) is 11.9 Å². The first kappa shape index (κ1) is 8.31. The van der Waals surface area contributed by atoms with Gasteiger partial charge in [0, 0.05) is 12.6 Å². The molecule has 0 aliphatic carbocycles. The third kappa shape index (κ3) is 1.45. The standard InChI is InChI=1S/C8H8ClN3O/c9-7-2-4-1-5(8(10)13)12-6(4)3-11-7/h1,3,7,12H,2H2,(H2,10,13)/t7-/m1/s1. The van der Waals surface area contributed by atoms with Crippen LogP contribution in [0.3, 0.4) is 0 Å². The van der Waals surface area contributed by atoms with Gasteiger partial charge in [0.05, 0.1) is 5.69 Å². The first-order valence-corrected chi connectivity index (χ1v) is 4.29. The van der Waals surface area contributed by atoms with Crippen LogP contribution in [-0.2, 0) is 6.42 Å². The number of amides is 1. The minimum absolute atomic E-state index is 0.232. The van der Waals surface area contributed by atoms with Crippen LogP contribution in [0.4, 0.5) is 0 Å². The van der Waals surface area contributed by atoms with Crippen LogP contribution in [-0.4, -0.2) is 22.6 Å². The van der Waals surface area contributed by atoms with Gasteiger partial charge in [-0.3, -0.25) is 9.79 Å². The molecule has 0 saturated carbocycles. The van der Waals surface area contributed by atoms with E-state index in [0.29, 0.717) is 12.1 Å². The number of nitrogens with one attached hydrogen (secondary N) is 1. The van der Waals surface area contributed by atoms with Crippen molar-refractivity contribution in [3.8, 4) is 0 Å². The Morgan fingerprint density at radius 1 is 1.77 bits per heavy atom. The maximum absolute atomic E-state index is 10.8. The highest BCUT2D eigenvalue weighted by atomic mass is 35.5. The summed E-state index contributed by atoms with van der Waals surface area (Å²) >= 11 is 5.81. The third-order valence-electron chi connectivity index (χ3n) is 1.95. The first-order valence-electron chi connectivity index (χ1n) is 3.86. The molecular weight excluding hydrogens is 190 g/mol. The van der Waals surface area contributed by atoms with Crippen LogP contribution in [0.15, 0.2) is 11.1 Å². The Balaban J connectivity index is 2.41. The normalized spacial score (nSPS) is 19.9. The van der Waals surface area contributed by atoms with Gasteiger partial charge in [0.1, 0.15) is 11.2 Å². The SMILES string of the molecule is NC(=O)c1cc2c([nH]1)C=N[C@@H](Cl)C2. The number of hydrogen-bond acceptors (Lipinski definition) is 2. The molecule has 0 aromatic carbocycles. The number of nitrogens with two attached hydrogens (primary N) is 1. The fourth-order valence-corrected chi connectivity index (χ4v) is 1.54. The van der Waals surface area contributed by atoms with Crippen LogP contribution >= 0.6 is 11.6 Å². The van der Waals surface area contributed by atoms with Gasteiger partial charge in [0.15, 0.2) is 0 Å². The van der Waals surface area contributed by atoms with Crippen LogP contribution < -0.4 is 5.73 Å². The Hall–Kier alpha value is -1.29. The van der Waals surface area contributed by atoms with Crippen LogP contribution in [0.5, 0.6) is 0 Å². The molecule has 0 fully saturated rings. The highest BCUT2D eigenvalue weighted by Crippen LogP contribution is 2.18. The number of alkyl halides is 1.